The van der Waals surface area contributed by atoms with E-state index in [0.29, 0.717) is 23.6 Å². The number of halogens is 1. The van der Waals surface area contributed by atoms with Crippen molar-refractivity contribution in [1.82, 2.24) is 10.6 Å². The molecule has 4 nitrogen and oxygen atoms in total. The minimum Gasteiger partial charge on any atom is -0.353 e. The maximum atomic E-state index is 13.5. The molecule has 1 unspecified atom stereocenters. The van der Waals surface area contributed by atoms with E-state index in [4.69, 9.17) is 0 Å². The molecule has 0 radical (unpaired) electrons. The fourth-order valence-electron chi connectivity index (χ4n) is 3.06. The van der Waals surface area contributed by atoms with Gasteiger partial charge >= 0.3 is 0 Å². The summed E-state index contributed by atoms with van der Waals surface area (Å²) in [6, 6.07) is 6.29. The Hall–Kier alpha value is -1.56. The second-order valence-electron chi connectivity index (χ2n) is 6.16. The number of thioether (sulfide) groups is 1. The molecule has 0 aromatic heterocycles. The lowest BCUT2D eigenvalue weighted by Crippen LogP contribution is -2.50. The molecule has 2 rings (SSSR count). The van der Waals surface area contributed by atoms with Gasteiger partial charge in [-0.3, -0.25) is 9.59 Å². The zero-order valence-electron chi connectivity index (χ0n) is 14.0. The predicted molar refractivity (Wildman–Crippen MR) is 95.1 cm³/mol. The fraction of sp³-hybridized carbons (Fsp3) is 0.556. The molecule has 1 aromatic carbocycles. The lowest BCUT2D eigenvalue weighted by Gasteiger charge is -2.23. The Bertz CT molecular complexity index is 562. The molecule has 0 saturated heterocycles. The average Bonchev–Trinajstić information content (AvgIpc) is 3.07. The van der Waals surface area contributed by atoms with Crippen molar-refractivity contribution in [3.63, 3.8) is 0 Å². The summed E-state index contributed by atoms with van der Waals surface area (Å²) in [5, 5.41) is 5.69. The van der Waals surface area contributed by atoms with Crippen LogP contribution in [0.5, 0.6) is 0 Å². The minimum absolute atomic E-state index is 0.108. The largest absolute Gasteiger partial charge is 0.353 e. The van der Waals surface area contributed by atoms with Crippen LogP contribution in [-0.2, 0) is 15.3 Å². The summed E-state index contributed by atoms with van der Waals surface area (Å²) < 4.78 is 13.5. The summed E-state index contributed by atoms with van der Waals surface area (Å²) in [5.74, 6) is 1.05. The molecular formula is C18H25FN2O2S. The number of benzene rings is 1. The van der Waals surface area contributed by atoms with Crippen LogP contribution < -0.4 is 10.6 Å². The topological polar surface area (TPSA) is 58.2 Å². The van der Waals surface area contributed by atoms with Crippen LogP contribution in [-0.4, -0.2) is 30.2 Å². The van der Waals surface area contributed by atoms with Crippen LogP contribution >= 0.6 is 11.8 Å². The number of amides is 2. The Balaban J connectivity index is 1.72. The highest BCUT2D eigenvalue weighted by atomic mass is 32.2. The smallest absolute Gasteiger partial charge is 0.242 e. The molecule has 1 aliphatic rings. The summed E-state index contributed by atoms with van der Waals surface area (Å²) in [6.07, 6.45) is 4.21. The van der Waals surface area contributed by atoms with Crippen molar-refractivity contribution in [3.05, 3.63) is 35.6 Å². The first-order valence-corrected chi connectivity index (χ1v) is 9.59. The second kappa shape index (κ2) is 9.67. The monoisotopic (exact) mass is 352 g/mol. The molecule has 0 spiro atoms. The van der Waals surface area contributed by atoms with Crippen molar-refractivity contribution in [1.29, 1.82) is 0 Å². The highest BCUT2D eigenvalue weighted by Gasteiger charge is 2.30. The van der Waals surface area contributed by atoms with Gasteiger partial charge in [0, 0.05) is 25.0 Å². The zero-order chi connectivity index (χ0) is 17.4. The molecule has 1 aliphatic carbocycles. The van der Waals surface area contributed by atoms with E-state index >= 15 is 0 Å². The van der Waals surface area contributed by atoms with Gasteiger partial charge in [0.2, 0.25) is 11.8 Å². The second-order valence-corrected chi connectivity index (χ2v) is 7.26. The minimum atomic E-state index is -0.429. The number of carbonyl (C=O) groups excluding carboxylic acids is 2. The van der Waals surface area contributed by atoms with Gasteiger partial charge in [-0.1, -0.05) is 31.0 Å². The number of carbonyl (C=O) groups is 2. The average molecular weight is 352 g/mol. The fourth-order valence-corrected chi connectivity index (χ4v) is 3.91. The van der Waals surface area contributed by atoms with Crippen molar-refractivity contribution in [3.8, 4) is 0 Å². The van der Waals surface area contributed by atoms with Crippen molar-refractivity contribution < 1.29 is 14.0 Å². The quantitative estimate of drug-likeness (QED) is 0.707. The molecule has 6 heteroatoms. The summed E-state index contributed by atoms with van der Waals surface area (Å²) >= 11 is 1.58. The van der Waals surface area contributed by atoms with Gasteiger partial charge in [0.1, 0.15) is 11.9 Å². The van der Waals surface area contributed by atoms with Crippen LogP contribution in [0.25, 0.3) is 0 Å². The highest BCUT2D eigenvalue weighted by Crippen LogP contribution is 2.27. The van der Waals surface area contributed by atoms with E-state index < -0.39 is 6.04 Å². The molecular weight excluding hydrogens is 327 g/mol. The van der Waals surface area contributed by atoms with E-state index in [9.17, 15) is 14.0 Å². The Morgan fingerprint density at radius 1 is 1.29 bits per heavy atom. The molecule has 0 bridgehead atoms. The first-order chi connectivity index (χ1) is 11.6. The number of rotatable bonds is 8. The third-order valence-corrected chi connectivity index (χ3v) is 5.28. The van der Waals surface area contributed by atoms with E-state index in [1.165, 1.54) is 13.0 Å². The van der Waals surface area contributed by atoms with E-state index in [1.807, 2.05) is 6.07 Å². The van der Waals surface area contributed by atoms with Crippen molar-refractivity contribution in [2.24, 2.45) is 5.92 Å². The molecule has 0 heterocycles. The molecule has 1 saturated carbocycles. The third-order valence-electron chi connectivity index (χ3n) is 4.27. The first-order valence-electron chi connectivity index (χ1n) is 8.44. The Morgan fingerprint density at radius 2 is 2.00 bits per heavy atom. The summed E-state index contributed by atoms with van der Waals surface area (Å²) in [6.45, 7) is 1.96. The van der Waals surface area contributed by atoms with Gasteiger partial charge in [-0.25, -0.2) is 4.39 Å². The van der Waals surface area contributed by atoms with E-state index in [2.05, 4.69) is 10.6 Å². The number of hydrogen-bond acceptors (Lipinski definition) is 3. The zero-order valence-corrected chi connectivity index (χ0v) is 14.8. The number of nitrogens with one attached hydrogen (secondary N) is 2. The van der Waals surface area contributed by atoms with Crippen LogP contribution in [0.2, 0.25) is 0 Å². The van der Waals surface area contributed by atoms with Crippen LogP contribution in [0.15, 0.2) is 24.3 Å². The van der Waals surface area contributed by atoms with Gasteiger partial charge in [-0.2, -0.15) is 11.8 Å². The maximum absolute atomic E-state index is 13.5. The molecule has 1 fully saturated rings. The highest BCUT2D eigenvalue weighted by molar-refractivity contribution is 7.98. The SMILES string of the molecule is CC(=O)NC(C(=O)NCCSCc1ccccc1F)C1CCCC1. The van der Waals surface area contributed by atoms with Crippen LogP contribution in [0.1, 0.15) is 38.2 Å². The van der Waals surface area contributed by atoms with Gasteiger partial charge in [0.25, 0.3) is 0 Å². The van der Waals surface area contributed by atoms with Gasteiger partial charge < -0.3 is 10.6 Å². The summed E-state index contributed by atoms with van der Waals surface area (Å²) in [4.78, 5) is 23.7. The van der Waals surface area contributed by atoms with E-state index in [1.54, 1.807) is 23.9 Å². The Labute approximate surface area is 147 Å². The molecule has 24 heavy (non-hydrogen) atoms. The summed E-state index contributed by atoms with van der Waals surface area (Å²) in [7, 11) is 0. The number of hydrogen-bond donors (Lipinski definition) is 2. The standard InChI is InChI=1S/C18H25FN2O2S/c1-13(22)21-17(14-6-2-3-7-14)18(23)20-10-11-24-12-15-8-4-5-9-16(15)19/h4-5,8-9,14,17H,2-3,6-7,10-12H2,1H3,(H,20,23)(H,21,22). The molecule has 132 valence electrons. The summed E-state index contributed by atoms with van der Waals surface area (Å²) in [5.41, 5.74) is 0.677. The predicted octanol–water partition coefficient (Wildman–Crippen LogP) is 2.87. The molecule has 0 aliphatic heterocycles. The lowest BCUT2D eigenvalue weighted by molar-refractivity contribution is -0.129. The maximum Gasteiger partial charge on any atom is 0.242 e. The third kappa shape index (κ3) is 5.82. The molecule has 2 N–H and O–H groups in total. The van der Waals surface area contributed by atoms with Gasteiger partial charge in [0.05, 0.1) is 0 Å². The van der Waals surface area contributed by atoms with Crippen molar-refractivity contribution >= 4 is 23.6 Å². The van der Waals surface area contributed by atoms with Crippen molar-refractivity contribution in [2.45, 2.75) is 44.4 Å². The van der Waals surface area contributed by atoms with Gasteiger partial charge in [-0.05, 0) is 30.4 Å². The van der Waals surface area contributed by atoms with E-state index in [-0.39, 0.29) is 23.5 Å². The van der Waals surface area contributed by atoms with Crippen LogP contribution in [0.3, 0.4) is 0 Å². The lowest BCUT2D eigenvalue weighted by atomic mass is 9.97. The normalized spacial score (nSPS) is 15.9. The van der Waals surface area contributed by atoms with Gasteiger partial charge in [0.15, 0.2) is 0 Å². The molecule has 1 aromatic rings. The Kier molecular flexibility index (Phi) is 7.56. The van der Waals surface area contributed by atoms with Crippen LogP contribution in [0.4, 0.5) is 4.39 Å². The van der Waals surface area contributed by atoms with Gasteiger partial charge in [-0.15, -0.1) is 0 Å². The first kappa shape index (κ1) is 18.8. The molecule has 2 amide bonds. The Morgan fingerprint density at radius 3 is 2.67 bits per heavy atom. The molecule has 1 atom stereocenters. The van der Waals surface area contributed by atoms with Crippen molar-refractivity contribution in [2.75, 3.05) is 12.3 Å². The van der Waals surface area contributed by atoms with E-state index in [0.717, 1.165) is 25.7 Å². The van der Waals surface area contributed by atoms with Crippen LogP contribution in [0, 0.1) is 11.7 Å².